The number of carbonyl (C=O) groups excluding carboxylic acids is 1. The average molecular weight is 245 g/mol. The van der Waals surface area contributed by atoms with Gasteiger partial charge in [0.1, 0.15) is 11.6 Å². The van der Waals surface area contributed by atoms with Crippen LogP contribution < -0.4 is 5.32 Å². The van der Waals surface area contributed by atoms with Crippen LogP contribution in [0.4, 0.5) is 10.1 Å². The van der Waals surface area contributed by atoms with E-state index in [2.05, 4.69) is 5.32 Å². The number of phenolic OH excluding ortho intramolecular Hbond substituents is 1. The van der Waals surface area contributed by atoms with Crippen LogP contribution >= 0.6 is 0 Å². The van der Waals surface area contributed by atoms with Gasteiger partial charge in [-0.05, 0) is 42.8 Å². The van der Waals surface area contributed by atoms with E-state index in [-0.39, 0.29) is 11.4 Å². The molecule has 0 heterocycles. The predicted molar refractivity (Wildman–Crippen MR) is 67.2 cm³/mol. The Labute approximate surface area is 104 Å². The molecule has 4 heteroatoms. The number of hydrogen-bond donors (Lipinski definition) is 2. The molecule has 0 aromatic heterocycles. The lowest BCUT2D eigenvalue weighted by Crippen LogP contribution is -2.13. The number of para-hydroxylation sites is 1. The molecule has 0 aliphatic rings. The van der Waals surface area contributed by atoms with Gasteiger partial charge in [0, 0.05) is 5.56 Å². The number of aromatic hydroxyl groups is 1. The molecular weight excluding hydrogens is 233 g/mol. The number of aryl methyl sites for hydroxylation is 1. The zero-order valence-electron chi connectivity index (χ0n) is 9.77. The van der Waals surface area contributed by atoms with Crippen molar-refractivity contribution < 1.29 is 14.3 Å². The van der Waals surface area contributed by atoms with Crippen LogP contribution in [0.15, 0.2) is 42.5 Å². The number of rotatable bonds is 2. The van der Waals surface area contributed by atoms with Crippen molar-refractivity contribution in [1.82, 2.24) is 0 Å². The number of benzene rings is 2. The first-order valence-corrected chi connectivity index (χ1v) is 5.43. The quantitative estimate of drug-likeness (QED) is 0.854. The third-order valence-corrected chi connectivity index (χ3v) is 2.58. The minimum absolute atomic E-state index is 0.123. The van der Waals surface area contributed by atoms with E-state index in [0.717, 1.165) is 0 Å². The maximum absolute atomic E-state index is 13.4. The highest BCUT2D eigenvalue weighted by molar-refractivity contribution is 6.04. The van der Waals surface area contributed by atoms with E-state index in [9.17, 15) is 14.3 Å². The fourth-order valence-electron chi connectivity index (χ4n) is 1.55. The van der Waals surface area contributed by atoms with E-state index in [0.29, 0.717) is 11.1 Å². The predicted octanol–water partition coefficient (Wildman–Crippen LogP) is 3.09. The van der Waals surface area contributed by atoms with Crippen molar-refractivity contribution >= 4 is 11.6 Å². The summed E-state index contributed by atoms with van der Waals surface area (Å²) < 4.78 is 13.4. The Hall–Kier alpha value is -2.36. The molecule has 2 aromatic carbocycles. The SMILES string of the molecule is Cc1cc(C(=O)Nc2ccccc2F)ccc1O. The summed E-state index contributed by atoms with van der Waals surface area (Å²) in [5.41, 5.74) is 1.10. The van der Waals surface area contributed by atoms with Crippen molar-refractivity contribution in [3.8, 4) is 5.75 Å². The zero-order chi connectivity index (χ0) is 13.1. The summed E-state index contributed by atoms with van der Waals surface area (Å²) in [5.74, 6) is -0.776. The van der Waals surface area contributed by atoms with Gasteiger partial charge in [-0.25, -0.2) is 4.39 Å². The first-order chi connectivity index (χ1) is 8.58. The van der Waals surface area contributed by atoms with Gasteiger partial charge in [0.2, 0.25) is 0 Å². The van der Waals surface area contributed by atoms with Gasteiger partial charge in [0.15, 0.2) is 0 Å². The second kappa shape index (κ2) is 4.87. The number of carbonyl (C=O) groups is 1. The van der Waals surface area contributed by atoms with Gasteiger partial charge in [-0.1, -0.05) is 12.1 Å². The van der Waals surface area contributed by atoms with Crippen molar-refractivity contribution in [2.24, 2.45) is 0 Å². The van der Waals surface area contributed by atoms with Gasteiger partial charge in [0.25, 0.3) is 5.91 Å². The Morgan fingerprint density at radius 3 is 2.61 bits per heavy atom. The first kappa shape index (κ1) is 12.1. The first-order valence-electron chi connectivity index (χ1n) is 5.43. The summed E-state index contributed by atoms with van der Waals surface area (Å²) >= 11 is 0. The monoisotopic (exact) mass is 245 g/mol. The van der Waals surface area contributed by atoms with Gasteiger partial charge in [-0.3, -0.25) is 4.79 Å². The van der Waals surface area contributed by atoms with Crippen LogP contribution in [0.5, 0.6) is 5.75 Å². The highest BCUT2D eigenvalue weighted by Crippen LogP contribution is 2.19. The summed E-state index contributed by atoms with van der Waals surface area (Å²) in [7, 11) is 0. The summed E-state index contributed by atoms with van der Waals surface area (Å²) in [6, 6.07) is 10.4. The summed E-state index contributed by atoms with van der Waals surface area (Å²) in [5, 5.41) is 11.8. The molecule has 0 spiro atoms. The van der Waals surface area contributed by atoms with E-state index in [1.165, 1.54) is 24.3 Å². The van der Waals surface area contributed by atoms with Gasteiger partial charge in [-0.2, -0.15) is 0 Å². The minimum Gasteiger partial charge on any atom is -0.508 e. The van der Waals surface area contributed by atoms with Gasteiger partial charge < -0.3 is 10.4 Å². The number of hydrogen-bond acceptors (Lipinski definition) is 2. The fraction of sp³-hybridized carbons (Fsp3) is 0.0714. The molecular formula is C14H12FNO2. The highest BCUT2D eigenvalue weighted by atomic mass is 19.1. The lowest BCUT2D eigenvalue weighted by atomic mass is 10.1. The third kappa shape index (κ3) is 2.48. The molecule has 2 aromatic rings. The smallest absolute Gasteiger partial charge is 0.255 e. The Kier molecular flexibility index (Phi) is 3.28. The molecule has 3 nitrogen and oxygen atoms in total. The van der Waals surface area contributed by atoms with Crippen LogP contribution in [-0.4, -0.2) is 11.0 Å². The van der Waals surface area contributed by atoms with E-state index >= 15 is 0 Å². The van der Waals surface area contributed by atoms with Crippen molar-refractivity contribution in [1.29, 1.82) is 0 Å². The van der Waals surface area contributed by atoms with Crippen molar-refractivity contribution in [3.05, 3.63) is 59.4 Å². The minimum atomic E-state index is -0.485. The Morgan fingerprint density at radius 2 is 1.94 bits per heavy atom. The van der Waals surface area contributed by atoms with Crippen molar-refractivity contribution in [3.63, 3.8) is 0 Å². The van der Waals surface area contributed by atoms with Gasteiger partial charge in [-0.15, -0.1) is 0 Å². The Morgan fingerprint density at radius 1 is 1.22 bits per heavy atom. The normalized spacial score (nSPS) is 10.1. The van der Waals surface area contributed by atoms with E-state index in [4.69, 9.17) is 0 Å². The van der Waals surface area contributed by atoms with Crippen LogP contribution in [0.1, 0.15) is 15.9 Å². The maximum atomic E-state index is 13.4. The molecule has 1 amide bonds. The van der Waals surface area contributed by atoms with E-state index in [1.807, 2.05) is 0 Å². The Balaban J connectivity index is 2.22. The van der Waals surface area contributed by atoms with Crippen LogP contribution in [0, 0.1) is 12.7 Å². The number of anilines is 1. The fourth-order valence-corrected chi connectivity index (χ4v) is 1.55. The molecule has 0 bridgehead atoms. The third-order valence-electron chi connectivity index (χ3n) is 2.58. The van der Waals surface area contributed by atoms with Crippen LogP contribution in [-0.2, 0) is 0 Å². The van der Waals surface area contributed by atoms with Crippen LogP contribution in [0.2, 0.25) is 0 Å². The maximum Gasteiger partial charge on any atom is 0.255 e. The second-order valence-corrected chi connectivity index (χ2v) is 3.94. The van der Waals surface area contributed by atoms with E-state index in [1.54, 1.807) is 25.1 Å². The summed E-state index contributed by atoms with van der Waals surface area (Å²) in [6.07, 6.45) is 0. The van der Waals surface area contributed by atoms with Crippen molar-refractivity contribution in [2.45, 2.75) is 6.92 Å². The Bertz CT molecular complexity index is 596. The van der Waals surface area contributed by atoms with E-state index < -0.39 is 11.7 Å². The lowest BCUT2D eigenvalue weighted by Gasteiger charge is -2.07. The lowest BCUT2D eigenvalue weighted by molar-refractivity contribution is 0.102. The molecule has 0 aliphatic heterocycles. The van der Waals surface area contributed by atoms with Crippen molar-refractivity contribution in [2.75, 3.05) is 5.32 Å². The number of phenols is 1. The molecule has 0 atom stereocenters. The molecule has 92 valence electrons. The number of halogens is 1. The second-order valence-electron chi connectivity index (χ2n) is 3.94. The average Bonchev–Trinajstić information content (AvgIpc) is 2.35. The molecule has 0 saturated heterocycles. The molecule has 0 aliphatic carbocycles. The van der Waals surface area contributed by atoms with Gasteiger partial charge in [0.05, 0.1) is 5.69 Å². The molecule has 2 rings (SSSR count). The van der Waals surface area contributed by atoms with Crippen LogP contribution in [0.3, 0.4) is 0 Å². The number of nitrogens with one attached hydrogen (secondary N) is 1. The molecule has 0 radical (unpaired) electrons. The topological polar surface area (TPSA) is 49.3 Å². The largest absolute Gasteiger partial charge is 0.508 e. The van der Waals surface area contributed by atoms with Gasteiger partial charge >= 0.3 is 0 Å². The molecule has 0 unspecified atom stereocenters. The standard InChI is InChI=1S/C14H12FNO2/c1-9-8-10(6-7-13(9)17)14(18)16-12-5-3-2-4-11(12)15/h2-8,17H,1H3,(H,16,18). The summed E-state index contributed by atoms with van der Waals surface area (Å²) in [4.78, 5) is 11.9. The molecule has 2 N–H and O–H groups in total. The summed E-state index contributed by atoms with van der Waals surface area (Å²) in [6.45, 7) is 1.69. The number of amides is 1. The highest BCUT2D eigenvalue weighted by Gasteiger charge is 2.09. The van der Waals surface area contributed by atoms with Crippen LogP contribution in [0.25, 0.3) is 0 Å². The zero-order valence-corrected chi connectivity index (χ0v) is 9.77. The molecule has 18 heavy (non-hydrogen) atoms. The molecule has 0 saturated carbocycles. The molecule has 0 fully saturated rings.